The van der Waals surface area contributed by atoms with Gasteiger partial charge in [-0.3, -0.25) is 4.99 Å². The maximum atomic E-state index is 5.52. The molecule has 6 nitrogen and oxygen atoms in total. The van der Waals surface area contributed by atoms with Gasteiger partial charge in [-0.05, 0) is 25.0 Å². The molecule has 0 atom stereocenters. The van der Waals surface area contributed by atoms with Crippen LogP contribution in [-0.4, -0.2) is 40.4 Å². The van der Waals surface area contributed by atoms with Gasteiger partial charge in [-0.15, -0.1) is 0 Å². The zero-order valence-corrected chi connectivity index (χ0v) is 15.1. The summed E-state index contributed by atoms with van der Waals surface area (Å²) < 4.78 is 16.3. The maximum Gasteiger partial charge on any atom is 0.203 e. The fourth-order valence-corrected chi connectivity index (χ4v) is 3.12. The predicted molar refractivity (Wildman–Crippen MR) is 96.3 cm³/mol. The third-order valence-corrected chi connectivity index (χ3v) is 4.40. The molecule has 1 saturated carbocycles. The molecule has 0 saturated heterocycles. The molecule has 1 aliphatic carbocycles. The molecule has 1 aromatic rings. The molecule has 0 amide bonds. The van der Waals surface area contributed by atoms with Gasteiger partial charge in [-0.25, -0.2) is 0 Å². The average Bonchev–Trinajstić information content (AvgIpc) is 2.64. The van der Waals surface area contributed by atoms with E-state index in [-0.39, 0.29) is 0 Å². The van der Waals surface area contributed by atoms with Crippen molar-refractivity contribution in [2.75, 3.05) is 28.4 Å². The van der Waals surface area contributed by atoms with Gasteiger partial charge < -0.3 is 24.8 Å². The van der Waals surface area contributed by atoms with E-state index in [2.05, 4.69) is 15.6 Å². The highest BCUT2D eigenvalue weighted by atomic mass is 16.5. The van der Waals surface area contributed by atoms with Crippen molar-refractivity contribution < 1.29 is 14.2 Å². The molecule has 134 valence electrons. The fourth-order valence-electron chi connectivity index (χ4n) is 3.12. The molecular weight excluding hydrogens is 306 g/mol. The quantitative estimate of drug-likeness (QED) is 0.618. The first-order chi connectivity index (χ1) is 11.7. The van der Waals surface area contributed by atoms with Gasteiger partial charge in [0.05, 0.1) is 21.3 Å². The highest BCUT2D eigenvalue weighted by Gasteiger charge is 2.17. The van der Waals surface area contributed by atoms with E-state index in [1.165, 1.54) is 32.1 Å². The second-order valence-electron chi connectivity index (χ2n) is 5.90. The molecule has 0 aromatic heterocycles. The summed E-state index contributed by atoms with van der Waals surface area (Å²) in [6.07, 6.45) is 6.34. The van der Waals surface area contributed by atoms with Crippen molar-refractivity contribution in [3.05, 3.63) is 17.7 Å². The Kier molecular flexibility index (Phi) is 7.03. The summed E-state index contributed by atoms with van der Waals surface area (Å²) in [7, 11) is 6.66. The minimum atomic E-state index is 0.511. The van der Waals surface area contributed by atoms with Crippen molar-refractivity contribution in [2.45, 2.75) is 44.7 Å². The lowest BCUT2D eigenvalue weighted by atomic mass is 9.96. The second kappa shape index (κ2) is 9.25. The summed E-state index contributed by atoms with van der Waals surface area (Å²) in [6.45, 7) is 0.593. The lowest BCUT2D eigenvalue weighted by Gasteiger charge is -2.25. The van der Waals surface area contributed by atoms with E-state index in [9.17, 15) is 0 Å². The Labute approximate surface area is 144 Å². The monoisotopic (exact) mass is 335 g/mol. The van der Waals surface area contributed by atoms with Crippen molar-refractivity contribution in [2.24, 2.45) is 4.99 Å². The Morgan fingerprint density at radius 2 is 1.75 bits per heavy atom. The molecular formula is C18H29N3O3. The third kappa shape index (κ3) is 4.46. The van der Waals surface area contributed by atoms with E-state index in [0.29, 0.717) is 29.8 Å². The number of nitrogens with zero attached hydrogens (tertiary/aromatic N) is 1. The standard InChI is InChI=1S/C18H29N3O3/c1-19-18(21-14-8-6-5-7-9-14)20-12-13-10-11-15(22-2)17(24-4)16(13)23-3/h10-11,14H,5-9,12H2,1-4H3,(H2,19,20,21). The number of rotatable bonds is 6. The number of hydrogen-bond donors (Lipinski definition) is 2. The molecule has 0 heterocycles. The van der Waals surface area contributed by atoms with Crippen LogP contribution >= 0.6 is 0 Å². The normalized spacial score (nSPS) is 15.8. The number of benzene rings is 1. The summed E-state index contributed by atoms with van der Waals surface area (Å²) in [4.78, 5) is 4.33. The fraction of sp³-hybridized carbons (Fsp3) is 0.611. The summed E-state index contributed by atoms with van der Waals surface area (Å²) in [5.74, 6) is 2.76. The van der Waals surface area contributed by atoms with Crippen molar-refractivity contribution >= 4 is 5.96 Å². The topological polar surface area (TPSA) is 64.1 Å². The smallest absolute Gasteiger partial charge is 0.203 e. The number of ether oxygens (including phenoxy) is 3. The van der Waals surface area contributed by atoms with E-state index >= 15 is 0 Å². The van der Waals surface area contributed by atoms with Crippen LogP contribution in [0.1, 0.15) is 37.7 Å². The number of methoxy groups -OCH3 is 3. The first-order valence-corrected chi connectivity index (χ1v) is 8.48. The average molecular weight is 335 g/mol. The van der Waals surface area contributed by atoms with Gasteiger partial charge in [0.25, 0.3) is 0 Å². The molecule has 0 spiro atoms. The Balaban J connectivity index is 2.04. The first-order valence-electron chi connectivity index (χ1n) is 8.48. The lowest BCUT2D eigenvalue weighted by Crippen LogP contribution is -2.43. The second-order valence-corrected chi connectivity index (χ2v) is 5.90. The largest absolute Gasteiger partial charge is 0.493 e. The van der Waals surface area contributed by atoms with Crippen LogP contribution in [0.15, 0.2) is 17.1 Å². The van der Waals surface area contributed by atoms with Crippen molar-refractivity contribution in [3.63, 3.8) is 0 Å². The van der Waals surface area contributed by atoms with Crippen molar-refractivity contribution in [1.29, 1.82) is 0 Å². The number of hydrogen-bond acceptors (Lipinski definition) is 4. The molecule has 1 fully saturated rings. The van der Waals surface area contributed by atoms with Crippen LogP contribution in [-0.2, 0) is 6.54 Å². The molecule has 24 heavy (non-hydrogen) atoms. The van der Waals surface area contributed by atoms with Gasteiger partial charge in [-0.2, -0.15) is 0 Å². The predicted octanol–water partition coefficient (Wildman–Crippen LogP) is 2.71. The molecule has 6 heteroatoms. The van der Waals surface area contributed by atoms with E-state index in [1.807, 2.05) is 12.1 Å². The van der Waals surface area contributed by atoms with Gasteiger partial charge >= 0.3 is 0 Å². The molecule has 1 aromatic carbocycles. The van der Waals surface area contributed by atoms with Crippen LogP contribution in [0.4, 0.5) is 0 Å². The van der Waals surface area contributed by atoms with Gasteiger partial charge in [-0.1, -0.05) is 19.3 Å². The lowest BCUT2D eigenvalue weighted by molar-refractivity contribution is 0.322. The molecule has 0 radical (unpaired) electrons. The van der Waals surface area contributed by atoms with Crippen LogP contribution < -0.4 is 24.8 Å². The molecule has 2 rings (SSSR count). The van der Waals surface area contributed by atoms with E-state index < -0.39 is 0 Å². The third-order valence-electron chi connectivity index (χ3n) is 4.40. The van der Waals surface area contributed by atoms with Crippen LogP contribution in [0.25, 0.3) is 0 Å². The number of nitrogens with one attached hydrogen (secondary N) is 2. The van der Waals surface area contributed by atoms with Gasteiger partial charge in [0.2, 0.25) is 5.75 Å². The van der Waals surface area contributed by atoms with Crippen LogP contribution in [0.2, 0.25) is 0 Å². The Morgan fingerprint density at radius 3 is 2.33 bits per heavy atom. The van der Waals surface area contributed by atoms with Gasteiger partial charge in [0.1, 0.15) is 0 Å². The number of guanidine groups is 1. The van der Waals surface area contributed by atoms with E-state index in [1.54, 1.807) is 28.4 Å². The van der Waals surface area contributed by atoms with Crippen molar-refractivity contribution in [3.8, 4) is 17.2 Å². The maximum absolute atomic E-state index is 5.52. The van der Waals surface area contributed by atoms with Crippen LogP contribution in [0.5, 0.6) is 17.2 Å². The van der Waals surface area contributed by atoms with Crippen LogP contribution in [0, 0.1) is 0 Å². The summed E-state index contributed by atoms with van der Waals surface area (Å²) in [5, 5.41) is 6.87. The van der Waals surface area contributed by atoms with E-state index in [0.717, 1.165) is 11.5 Å². The zero-order valence-electron chi connectivity index (χ0n) is 15.1. The SMILES string of the molecule is CN=C(NCc1ccc(OC)c(OC)c1OC)NC1CCCCC1. The Bertz CT molecular complexity index is 555. The van der Waals surface area contributed by atoms with E-state index in [4.69, 9.17) is 14.2 Å². The molecule has 0 bridgehead atoms. The summed E-state index contributed by atoms with van der Waals surface area (Å²) >= 11 is 0. The molecule has 2 N–H and O–H groups in total. The zero-order chi connectivity index (χ0) is 17.4. The number of aliphatic imine (C=N–C) groups is 1. The summed E-state index contributed by atoms with van der Waals surface area (Å²) in [5.41, 5.74) is 0.988. The first kappa shape index (κ1) is 18.2. The Hall–Kier alpha value is -2.11. The highest BCUT2D eigenvalue weighted by molar-refractivity contribution is 5.80. The molecule has 1 aliphatic rings. The highest BCUT2D eigenvalue weighted by Crippen LogP contribution is 2.39. The molecule has 0 unspecified atom stereocenters. The minimum absolute atomic E-state index is 0.511. The molecule has 0 aliphatic heterocycles. The van der Waals surface area contributed by atoms with Crippen molar-refractivity contribution in [1.82, 2.24) is 10.6 Å². The summed E-state index contributed by atoms with van der Waals surface area (Å²) in [6, 6.07) is 4.37. The Morgan fingerprint density at radius 1 is 1.04 bits per heavy atom. The van der Waals surface area contributed by atoms with Gasteiger partial charge in [0, 0.05) is 25.2 Å². The van der Waals surface area contributed by atoms with Gasteiger partial charge in [0.15, 0.2) is 17.5 Å². The minimum Gasteiger partial charge on any atom is -0.493 e. The van der Waals surface area contributed by atoms with Crippen LogP contribution in [0.3, 0.4) is 0 Å².